The predicted octanol–water partition coefficient (Wildman–Crippen LogP) is 5.81. The largest absolute Gasteiger partial charge is 0.483 e. The maximum atomic E-state index is 12.4. The summed E-state index contributed by atoms with van der Waals surface area (Å²) in [7, 11) is 0. The van der Waals surface area contributed by atoms with Crippen LogP contribution in [-0.4, -0.2) is 22.5 Å². The summed E-state index contributed by atoms with van der Waals surface area (Å²) in [6, 6.07) is 15.6. The molecule has 0 spiro atoms. The van der Waals surface area contributed by atoms with Crippen LogP contribution in [-0.2, 0) is 4.79 Å². The zero-order valence-electron chi connectivity index (χ0n) is 17.7. The van der Waals surface area contributed by atoms with E-state index in [0.29, 0.717) is 5.69 Å². The van der Waals surface area contributed by atoms with Crippen molar-refractivity contribution in [1.82, 2.24) is 9.97 Å². The Bertz CT molecular complexity index is 1220. The van der Waals surface area contributed by atoms with E-state index in [-0.39, 0.29) is 12.5 Å². The molecule has 1 N–H and O–H groups in total. The molecule has 0 aliphatic heterocycles. The average Bonchev–Trinajstić information content (AvgIpc) is 3.26. The summed E-state index contributed by atoms with van der Waals surface area (Å²) >= 11 is 1.58. The molecule has 156 valence electrons. The summed E-state index contributed by atoms with van der Waals surface area (Å²) in [5, 5.41) is 5.86. The normalized spacial score (nSPS) is 10.7. The van der Waals surface area contributed by atoms with Crippen LogP contribution in [0.3, 0.4) is 0 Å². The maximum absolute atomic E-state index is 12.4. The van der Waals surface area contributed by atoms with Crippen LogP contribution in [0, 0.1) is 20.8 Å². The van der Waals surface area contributed by atoms with Gasteiger partial charge in [0.25, 0.3) is 5.91 Å². The van der Waals surface area contributed by atoms with Gasteiger partial charge in [-0.15, -0.1) is 11.3 Å². The summed E-state index contributed by atoms with van der Waals surface area (Å²) < 4.78 is 5.77. The monoisotopic (exact) mass is 429 g/mol. The minimum atomic E-state index is -0.202. The van der Waals surface area contributed by atoms with Crippen molar-refractivity contribution in [3.05, 3.63) is 83.0 Å². The van der Waals surface area contributed by atoms with Gasteiger partial charge >= 0.3 is 0 Å². The number of ether oxygens (including phenoxy) is 1. The summed E-state index contributed by atoms with van der Waals surface area (Å²) in [6.07, 6.45) is 3.52. The number of nitrogens with zero attached hydrogens (tertiary/aromatic N) is 2. The quantitative estimate of drug-likeness (QED) is 0.420. The van der Waals surface area contributed by atoms with Crippen LogP contribution in [0.4, 0.5) is 5.69 Å². The van der Waals surface area contributed by atoms with Crippen LogP contribution in [0.1, 0.15) is 16.7 Å². The maximum Gasteiger partial charge on any atom is 0.262 e. The first-order chi connectivity index (χ1) is 15.0. The highest BCUT2D eigenvalue weighted by molar-refractivity contribution is 7.13. The SMILES string of the molecule is Cc1cc(C)c(C)c(OCC(=O)Nc2cccc(-c3csc(-c4ccncc4)n3)c2)c1. The van der Waals surface area contributed by atoms with E-state index in [0.717, 1.165) is 44.3 Å². The number of nitrogens with one attached hydrogen (secondary N) is 1. The molecular weight excluding hydrogens is 406 g/mol. The highest BCUT2D eigenvalue weighted by Crippen LogP contribution is 2.29. The Morgan fingerprint density at radius 2 is 1.84 bits per heavy atom. The zero-order valence-corrected chi connectivity index (χ0v) is 18.5. The topological polar surface area (TPSA) is 64.1 Å². The molecule has 31 heavy (non-hydrogen) atoms. The van der Waals surface area contributed by atoms with Gasteiger partial charge in [0.2, 0.25) is 0 Å². The van der Waals surface area contributed by atoms with E-state index < -0.39 is 0 Å². The van der Waals surface area contributed by atoms with Crippen LogP contribution in [0.15, 0.2) is 66.3 Å². The highest BCUT2D eigenvalue weighted by atomic mass is 32.1. The number of carbonyl (C=O) groups excluding carboxylic acids is 1. The zero-order chi connectivity index (χ0) is 21.8. The lowest BCUT2D eigenvalue weighted by molar-refractivity contribution is -0.118. The Morgan fingerprint density at radius 3 is 2.65 bits per heavy atom. The van der Waals surface area contributed by atoms with Crippen molar-refractivity contribution in [1.29, 1.82) is 0 Å². The van der Waals surface area contributed by atoms with Gasteiger partial charge < -0.3 is 10.1 Å². The molecule has 2 heterocycles. The summed E-state index contributed by atoms with van der Waals surface area (Å²) in [5.41, 5.74) is 6.87. The predicted molar refractivity (Wildman–Crippen MR) is 126 cm³/mol. The average molecular weight is 430 g/mol. The Kier molecular flexibility index (Phi) is 6.09. The molecule has 0 unspecified atom stereocenters. The van der Waals surface area contributed by atoms with Crippen molar-refractivity contribution >= 4 is 22.9 Å². The fourth-order valence-corrected chi connectivity index (χ4v) is 4.12. The Hall–Kier alpha value is -3.51. The lowest BCUT2D eigenvalue weighted by Crippen LogP contribution is -2.20. The van der Waals surface area contributed by atoms with Crippen molar-refractivity contribution < 1.29 is 9.53 Å². The van der Waals surface area contributed by atoms with Crippen molar-refractivity contribution in [2.24, 2.45) is 0 Å². The summed E-state index contributed by atoms with van der Waals surface area (Å²) in [6.45, 7) is 6.01. The van der Waals surface area contributed by atoms with Crippen molar-refractivity contribution in [2.75, 3.05) is 11.9 Å². The van der Waals surface area contributed by atoms with E-state index in [4.69, 9.17) is 9.72 Å². The molecule has 0 fully saturated rings. The first kappa shape index (κ1) is 20.8. The van der Waals surface area contributed by atoms with Crippen molar-refractivity contribution in [3.8, 4) is 27.6 Å². The number of thiazole rings is 1. The van der Waals surface area contributed by atoms with E-state index in [1.165, 1.54) is 0 Å². The molecular formula is C25H23N3O2S. The lowest BCUT2D eigenvalue weighted by atomic mass is 10.1. The van der Waals surface area contributed by atoms with Gasteiger partial charge in [-0.3, -0.25) is 9.78 Å². The number of rotatable bonds is 6. The molecule has 0 saturated heterocycles. The van der Waals surface area contributed by atoms with E-state index in [1.54, 1.807) is 23.7 Å². The molecule has 0 aliphatic rings. The fraction of sp³-hybridized carbons (Fsp3) is 0.160. The van der Waals surface area contributed by atoms with Gasteiger partial charge in [0, 0.05) is 34.6 Å². The van der Waals surface area contributed by atoms with E-state index in [2.05, 4.69) is 16.4 Å². The second-order valence-corrected chi connectivity index (χ2v) is 8.25. The lowest BCUT2D eigenvalue weighted by Gasteiger charge is -2.12. The first-order valence-corrected chi connectivity index (χ1v) is 10.8. The van der Waals surface area contributed by atoms with E-state index in [9.17, 15) is 4.79 Å². The van der Waals surface area contributed by atoms with Crippen molar-refractivity contribution in [2.45, 2.75) is 20.8 Å². The molecule has 4 aromatic rings. The second-order valence-electron chi connectivity index (χ2n) is 7.40. The minimum absolute atomic E-state index is 0.0448. The third kappa shape index (κ3) is 4.98. The van der Waals surface area contributed by atoms with Crippen LogP contribution in [0.25, 0.3) is 21.8 Å². The molecule has 2 aromatic carbocycles. The standard InChI is InChI=1S/C25H23N3O2S/c1-16-11-17(2)18(3)23(12-16)30-14-24(29)27-21-6-4-5-20(13-21)22-15-31-25(28-22)19-7-9-26-10-8-19/h4-13,15H,14H2,1-3H3,(H,27,29). The number of anilines is 1. The molecule has 0 bridgehead atoms. The number of carbonyl (C=O) groups is 1. The Balaban J connectivity index is 1.43. The van der Waals surface area contributed by atoms with Gasteiger partial charge in [-0.05, 0) is 67.8 Å². The number of aryl methyl sites for hydroxylation is 2. The third-order valence-electron chi connectivity index (χ3n) is 5.00. The molecule has 2 aromatic heterocycles. The van der Waals surface area contributed by atoms with Crippen LogP contribution in [0.2, 0.25) is 0 Å². The molecule has 6 heteroatoms. The summed E-state index contributed by atoms with van der Waals surface area (Å²) in [5.74, 6) is 0.541. The number of pyridine rings is 1. The number of hydrogen-bond donors (Lipinski definition) is 1. The molecule has 0 aliphatic carbocycles. The van der Waals surface area contributed by atoms with Gasteiger partial charge in [0.1, 0.15) is 10.8 Å². The van der Waals surface area contributed by atoms with Crippen LogP contribution in [0.5, 0.6) is 5.75 Å². The molecule has 0 radical (unpaired) electrons. The molecule has 0 atom stereocenters. The number of amides is 1. The second kappa shape index (κ2) is 9.10. The van der Waals surface area contributed by atoms with Crippen LogP contribution >= 0.6 is 11.3 Å². The summed E-state index contributed by atoms with van der Waals surface area (Å²) in [4.78, 5) is 21.2. The van der Waals surface area contributed by atoms with Gasteiger partial charge in [-0.2, -0.15) is 0 Å². The Labute approximate surface area is 185 Å². The molecule has 0 saturated carbocycles. The van der Waals surface area contributed by atoms with Crippen LogP contribution < -0.4 is 10.1 Å². The van der Waals surface area contributed by atoms with E-state index in [1.807, 2.05) is 68.6 Å². The van der Waals surface area contributed by atoms with Gasteiger partial charge in [-0.1, -0.05) is 18.2 Å². The Morgan fingerprint density at radius 1 is 1.03 bits per heavy atom. The van der Waals surface area contributed by atoms with Crippen molar-refractivity contribution in [3.63, 3.8) is 0 Å². The first-order valence-electron chi connectivity index (χ1n) is 9.96. The highest BCUT2D eigenvalue weighted by Gasteiger charge is 2.10. The fourth-order valence-electron chi connectivity index (χ4n) is 3.28. The molecule has 1 amide bonds. The minimum Gasteiger partial charge on any atom is -0.483 e. The smallest absolute Gasteiger partial charge is 0.262 e. The number of hydrogen-bond acceptors (Lipinski definition) is 5. The number of aromatic nitrogens is 2. The molecule has 4 rings (SSSR count). The van der Waals surface area contributed by atoms with E-state index >= 15 is 0 Å². The van der Waals surface area contributed by atoms with Gasteiger partial charge in [0.15, 0.2) is 6.61 Å². The number of benzene rings is 2. The third-order valence-corrected chi connectivity index (χ3v) is 5.89. The van der Waals surface area contributed by atoms with Gasteiger partial charge in [0.05, 0.1) is 5.69 Å². The molecule has 5 nitrogen and oxygen atoms in total. The van der Waals surface area contributed by atoms with Gasteiger partial charge in [-0.25, -0.2) is 4.98 Å².